The molecule has 4 rings (SSSR count). The Morgan fingerprint density at radius 1 is 0.714 bits per heavy atom. The Labute approximate surface area is 186 Å². The quantitative estimate of drug-likeness (QED) is 0.214. The van der Waals surface area contributed by atoms with Crippen LogP contribution in [-0.2, 0) is 0 Å². The van der Waals surface area contributed by atoms with Gasteiger partial charge in [0.05, 0.1) is 0 Å². The molecule has 4 aromatic rings. The second-order valence-corrected chi connectivity index (χ2v) is 16.2. The SMILES string of the molecule is CCCCC(CP(c1cccs1)c1cccs1)P(c1cccs1)c1cccs1. The molecule has 0 nitrogen and oxygen atoms in total. The van der Waals surface area contributed by atoms with E-state index in [0.29, 0.717) is 0 Å². The fraction of sp³-hybridized carbons (Fsp3) is 0.273. The van der Waals surface area contributed by atoms with Crippen LogP contribution in [-0.4, -0.2) is 11.8 Å². The average molecular weight is 479 g/mol. The number of hydrogen-bond acceptors (Lipinski definition) is 4. The standard InChI is InChI=1S/C22H24P2S4/c1-2-3-8-18(24(21-11-6-15-27-21)22-12-7-16-28-22)17-23(19-9-4-13-25-19)20-10-5-14-26-20/h4-7,9-16,18H,2-3,8,17H2,1H3. The van der Waals surface area contributed by atoms with E-state index < -0.39 is 0 Å². The molecule has 0 amide bonds. The topological polar surface area (TPSA) is 0 Å². The molecule has 0 aromatic carbocycles. The molecule has 4 aromatic heterocycles. The number of rotatable bonds is 10. The summed E-state index contributed by atoms with van der Waals surface area (Å²) in [6, 6.07) is 18.4. The van der Waals surface area contributed by atoms with Crippen LogP contribution >= 0.6 is 61.2 Å². The first kappa shape index (κ1) is 20.9. The molecule has 1 atom stereocenters. The number of unbranched alkanes of at least 4 members (excludes halogenated alkanes) is 1. The van der Waals surface area contributed by atoms with Gasteiger partial charge in [-0.15, -0.1) is 45.3 Å². The van der Waals surface area contributed by atoms with E-state index in [2.05, 4.69) is 77.0 Å². The van der Waals surface area contributed by atoms with Gasteiger partial charge in [-0.2, -0.15) is 0 Å². The molecular weight excluding hydrogens is 454 g/mol. The Kier molecular flexibility index (Phi) is 7.93. The molecule has 0 fully saturated rings. The maximum absolute atomic E-state index is 2.38. The summed E-state index contributed by atoms with van der Waals surface area (Å²) in [4.78, 5) is 0. The predicted octanol–water partition coefficient (Wildman–Crippen LogP) is 7.06. The lowest BCUT2D eigenvalue weighted by Gasteiger charge is -2.29. The van der Waals surface area contributed by atoms with E-state index in [1.54, 1.807) is 18.5 Å². The normalized spacial score (nSPS) is 12.8. The highest BCUT2D eigenvalue weighted by atomic mass is 32.1. The summed E-state index contributed by atoms with van der Waals surface area (Å²) in [7, 11) is -0.528. The zero-order valence-electron chi connectivity index (χ0n) is 15.9. The molecule has 0 aliphatic rings. The van der Waals surface area contributed by atoms with E-state index in [9.17, 15) is 0 Å². The van der Waals surface area contributed by atoms with Crippen molar-refractivity contribution in [2.24, 2.45) is 0 Å². The molecule has 6 heteroatoms. The van der Waals surface area contributed by atoms with E-state index >= 15 is 0 Å². The van der Waals surface area contributed by atoms with Crippen molar-refractivity contribution < 1.29 is 0 Å². The Hall–Kier alpha value is -0.340. The monoisotopic (exact) mass is 478 g/mol. The van der Waals surface area contributed by atoms with Gasteiger partial charge in [-0.25, -0.2) is 0 Å². The second kappa shape index (κ2) is 10.6. The van der Waals surface area contributed by atoms with Gasteiger partial charge in [0.25, 0.3) is 0 Å². The minimum Gasteiger partial charge on any atom is -0.144 e. The third kappa shape index (κ3) is 5.04. The van der Waals surface area contributed by atoms with E-state index in [1.807, 2.05) is 45.3 Å². The van der Waals surface area contributed by atoms with Crippen molar-refractivity contribution >= 4 is 79.7 Å². The van der Waals surface area contributed by atoms with Crippen molar-refractivity contribution in [2.45, 2.75) is 31.8 Å². The second-order valence-electron chi connectivity index (χ2n) is 6.58. The largest absolute Gasteiger partial charge is 0.144 e. The van der Waals surface area contributed by atoms with E-state index in [-0.39, 0.29) is 15.8 Å². The molecule has 0 N–H and O–H groups in total. The first-order valence-electron chi connectivity index (χ1n) is 9.57. The first-order valence-corrected chi connectivity index (χ1v) is 16.0. The summed E-state index contributed by atoms with van der Waals surface area (Å²) in [5.74, 6) is 0. The number of thiophene rings is 4. The third-order valence-corrected chi connectivity index (χ3v) is 16.0. The minimum atomic E-state index is -0.274. The Balaban J connectivity index is 1.69. The van der Waals surface area contributed by atoms with Crippen LogP contribution in [0.5, 0.6) is 0 Å². The highest BCUT2D eigenvalue weighted by Crippen LogP contribution is 2.50. The molecule has 28 heavy (non-hydrogen) atoms. The van der Waals surface area contributed by atoms with Crippen LogP contribution in [0.3, 0.4) is 0 Å². The van der Waals surface area contributed by atoms with Crippen molar-refractivity contribution in [3.8, 4) is 0 Å². The molecule has 0 bridgehead atoms. The summed E-state index contributed by atoms with van der Waals surface area (Å²) >= 11 is 7.82. The highest BCUT2D eigenvalue weighted by molar-refractivity contribution is 7.85. The maximum Gasteiger partial charge on any atom is 0.0334 e. The summed E-state index contributed by atoms with van der Waals surface area (Å²) in [6.07, 6.45) is 5.27. The molecule has 0 saturated carbocycles. The minimum absolute atomic E-state index is 0.254. The molecule has 0 saturated heterocycles. The van der Waals surface area contributed by atoms with Crippen LogP contribution in [0.15, 0.2) is 70.1 Å². The predicted molar refractivity (Wildman–Crippen MR) is 138 cm³/mol. The van der Waals surface area contributed by atoms with Crippen molar-refractivity contribution in [3.05, 3.63) is 70.1 Å². The van der Waals surface area contributed by atoms with Crippen LogP contribution in [0, 0.1) is 0 Å². The van der Waals surface area contributed by atoms with Crippen LogP contribution in [0.2, 0.25) is 0 Å². The van der Waals surface area contributed by atoms with E-state index in [0.717, 1.165) is 5.66 Å². The molecule has 0 aliphatic carbocycles. The van der Waals surface area contributed by atoms with Crippen molar-refractivity contribution in [1.29, 1.82) is 0 Å². The van der Waals surface area contributed by atoms with Crippen molar-refractivity contribution in [2.75, 3.05) is 6.16 Å². The van der Waals surface area contributed by atoms with Crippen LogP contribution in [0.25, 0.3) is 0 Å². The fourth-order valence-electron chi connectivity index (χ4n) is 3.37. The van der Waals surface area contributed by atoms with Gasteiger partial charge < -0.3 is 0 Å². The van der Waals surface area contributed by atoms with Crippen molar-refractivity contribution in [3.63, 3.8) is 0 Å². The van der Waals surface area contributed by atoms with Gasteiger partial charge in [-0.3, -0.25) is 0 Å². The van der Waals surface area contributed by atoms with E-state index in [4.69, 9.17) is 0 Å². The maximum atomic E-state index is 2.38. The van der Waals surface area contributed by atoms with Gasteiger partial charge in [0.15, 0.2) is 0 Å². The molecule has 0 spiro atoms. The zero-order chi connectivity index (χ0) is 19.2. The lowest BCUT2D eigenvalue weighted by Crippen LogP contribution is -2.24. The van der Waals surface area contributed by atoms with Gasteiger partial charge in [0, 0.05) is 18.5 Å². The van der Waals surface area contributed by atoms with Crippen molar-refractivity contribution in [1.82, 2.24) is 0 Å². The molecule has 4 heterocycles. The Morgan fingerprint density at radius 3 is 1.57 bits per heavy atom. The molecule has 0 radical (unpaired) electrons. The summed E-state index contributed by atoms with van der Waals surface area (Å²) in [5, 5.41) is 9.02. The van der Waals surface area contributed by atoms with E-state index in [1.165, 1.54) is 25.4 Å². The van der Waals surface area contributed by atoms with Crippen LogP contribution in [0.1, 0.15) is 26.2 Å². The summed E-state index contributed by atoms with van der Waals surface area (Å²) in [5.41, 5.74) is 0.752. The van der Waals surface area contributed by atoms with Gasteiger partial charge in [0.2, 0.25) is 0 Å². The zero-order valence-corrected chi connectivity index (χ0v) is 20.9. The lowest BCUT2D eigenvalue weighted by molar-refractivity contribution is 0.713. The average Bonchev–Trinajstić information content (AvgIpc) is 3.52. The third-order valence-electron chi connectivity index (χ3n) is 4.68. The van der Waals surface area contributed by atoms with Crippen LogP contribution < -0.4 is 18.5 Å². The highest BCUT2D eigenvalue weighted by Gasteiger charge is 2.30. The summed E-state index contributed by atoms with van der Waals surface area (Å²) in [6.45, 7) is 2.33. The first-order chi connectivity index (χ1) is 13.9. The Bertz CT molecular complexity index is 828. The fourth-order valence-corrected chi connectivity index (χ4v) is 15.4. The van der Waals surface area contributed by atoms with Crippen LogP contribution in [0.4, 0.5) is 0 Å². The smallest absolute Gasteiger partial charge is 0.0334 e. The summed E-state index contributed by atoms with van der Waals surface area (Å²) < 4.78 is 6.38. The van der Waals surface area contributed by atoms with Gasteiger partial charge >= 0.3 is 0 Å². The Morgan fingerprint density at radius 2 is 1.18 bits per heavy atom. The lowest BCUT2D eigenvalue weighted by atomic mass is 10.2. The molecular formula is C22H24P2S4. The molecule has 0 aliphatic heterocycles. The van der Waals surface area contributed by atoms with Gasteiger partial charge in [-0.1, -0.05) is 44.0 Å². The van der Waals surface area contributed by atoms with Gasteiger partial charge in [-0.05, 0) is 79.9 Å². The molecule has 146 valence electrons. The molecule has 1 unspecified atom stereocenters. The van der Waals surface area contributed by atoms with Gasteiger partial charge in [0.1, 0.15) is 0 Å². The number of hydrogen-bond donors (Lipinski definition) is 0.